The van der Waals surface area contributed by atoms with Crippen LogP contribution in [0, 0.1) is 0 Å². The largest absolute Gasteiger partial charge is 0.341 e. The van der Waals surface area contributed by atoms with Gasteiger partial charge < -0.3 is 10.6 Å². The number of nitrogens with zero attached hydrogens (tertiary/aromatic N) is 1. The van der Waals surface area contributed by atoms with E-state index in [2.05, 4.69) is 31.2 Å². The molecule has 0 saturated carbocycles. The Bertz CT molecular complexity index is 396. The summed E-state index contributed by atoms with van der Waals surface area (Å²) in [7, 11) is 0. The van der Waals surface area contributed by atoms with Crippen LogP contribution in [0.4, 0.5) is 0 Å². The lowest BCUT2D eigenvalue weighted by Gasteiger charge is -2.20. The number of nitrogens with two attached hydrogens (primary N) is 1. The molecule has 4 heteroatoms. The quantitative estimate of drug-likeness (QED) is 0.922. The molecule has 1 fully saturated rings. The predicted molar refractivity (Wildman–Crippen MR) is 80.5 cm³/mol. The van der Waals surface area contributed by atoms with Gasteiger partial charge in [-0.2, -0.15) is 0 Å². The van der Waals surface area contributed by atoms with E-state index in [1.54, 1.807) is 0 Å². The summed E-state index contributed by atoms with van der Waals surface area (Å²) in [6.07, 6.45) is 2.79. The van der Waals surface area contributed by atoms with Crippen LogP contribution in [-0.4, -0.2) is 29.9 Å². The summed E-state index contributed by atoms with van der Waals surface area (Å²) < 4.78 is 0. The minimum Gasteiger partial charge on any atom is -0.341 e. The molecule has 1 saturated heterocycles. The third-order valence-electron chi connectivity index (χ3n) is 3.69. The maximum Gasteiger partial charge on any atom is 0.239 e. The van der Waals surface area contributed by atoms with Crippen molar-refractivity contribution in [3.8, 4) is 0 Å². The highest BCUT2D eigenvalue weighted by molar-refractivity contribution is 5.85. The van der Waals surface area contributed by atoms with Crippen molar-refractivity contribution in [3.63, 3.8) is 0 Å². The van der Waals surface area contributed by atoms with Crippen LogP contribution in [0.1, 0.15) is 37.7 Å². The molecule has 0 aliphatic carbocycles. The number of carbonyl (C=O) groups excluding carboxylic acids is 1. The molecular weight excluding hydrogens is 260 g/mol. The summed E-state index contributed by atoms with van der Waals surface area (Å²) >= 11 is 0. The summed E-state index contributed by atoms with van der Waals surface area (Å²) in [5.74, 6) is 0.597. The normalized spacial score (nSPS) is 19.9. The van der Waals surface area contributed by atoms with Gasteiger partial charge >= 0.3 is 0 Å². The van der Waals surface area contributed by atoms with E-state index in [0.717, 1.165) is 32.4 Å². The first-order valence-corrected chi connectivity index (χ1v) is 6.81. The van der Waals surface area contributed by atoms with Crippen molar-refractivity contribution in [2.45, 2.75) is 38.1 Å². The molecule has 0 radical (unpaired) electrons. The maximum atomic E-state index is 12.1. The van der Waals surface area contributed by atoms with Crippen molar-refractivity contribution in [3.05, 3.63) is 35.9 Å². The Morgan fingerprint density at radius 1 is 1.42 bits per heavy atom. The molecule has 0 aromatic heterocycles. The minimum absolute atomic E-state index is 0. The SMILES string of the molecule is CCCC(N)C(=O)N1CCC(c2ccccc2)C1.Cl. The lowest BCUT2D eigenvalue weighted by Crippen LogP contribution is -2.42. The van der Waals surface area contributed by atoms with Gasteiger partial charge in [0.2, 0.25) is 5.91 Å². The molecule has 0 spiro atoms. The van der Waals surface area contributed by atoms with Gasteiger partial charge in [0.05, 0.1) is 6.04 Å². The molecule has 1 aliphatic heterocycles. The molecule has 0 bridgehead atoms. The zero-order valence-corrected chi connectivity index (χ0v) is 12.2. The highest BCUT2D eigenvalue weighted by Crippen LogP contribution is 2.27. The van der Waals surface area contributed by atoms with Crippen molar-refractivity contribution in [1.29, 1.82) is 0 Å². The second-order valence-corrected chi connectivity index (χ2v) is 5.08. The summed E-state index contributed by atoms with van der Waals surface area (Å²) in [4.78, 5) is 14.0. The van der Waals surface area contributed by atoms with E-state index in [1.807, 2.05) is 11.0 Å². The first-order chi connectivity index (χ1) is 8.72. The number of hydrogen-bond acceptors (Lipinski definition) is 2. The van der Waals surface area contributed by atoms with Gasteiger partial charge in [-0.15, -0.1) is 12.4 Å². The van der Waals surface area contributed by atoms with E-state index in [0.29, 0.717) is 5.92 Å². The molecule has 3 nitrogen and oxygen atoms in total. The van der Waals surface area contributed by atoms with Gasteiger partial charge in [0.1, 0.15) is 0 Å². The van der Waals surface area contributed by atoms with Crippen LogP contribution in [0.25, 0.3) is 0 Å². The Morgan fingerprint density at radius 3 is 2.74 bits per heavy atom. The van der Waals surface area contributed by atoms with Gasteiger partial charge in [-0.05, 0) is 18.4 Å². The lowest BCUT2D eigenvalue weighted by atomic mass is 9.99. The Kier molecular flexibility index (Phi) is 6.32. The number of likely N-dealkylation sites (tertiary alicyclic amines) is 1. The van der Waals surface area contributed by atoms with Gasteiger partial charge in [0.15, 0.2) is 0 Å². The second-order valence-electron chi connectivity index (χ2n) is 5.08. The van der Waals surface area contributed by atoms with Crippen molar-refractivity contribution in [2.75, 3.05) is 13.1 Å². The fraction of sp³-hybridized carbons (Fsp3) is 0.533. The molecule has 106 valence electrons. The standard InChI is InChI=1S/C15H22N2O.ClH/c1-2-6-14(16)15(18)17-10-9-13(11-17)12-7-4-3-5-8-12;/h3-5,7-8,13-14H,2,6,9-11,16H2,1H3;1H. The van der Waals surface area contributed by atoms with Gasteiger partial charge in [0.25, 0.3) is 0 Å². The van der Waals surface area contributed by atoms with Crippen LogP contribution in [0.5, 0.6) is 0 Å². The van der Waals surface area contributed by atoms with Crippen LogP contribution in [0.2, 0.25) is 0 Å². The summed E-state index contributed by atoms with van der Waals surface area (Å²) in [5, 5.41) is 0. The molecule has 2 N–H and O–H groups in total. The Morgan fingerprint density at radius 2 is 2.11 bits per heavy atom. The van der Waals surface area contributed by atoms with E-state index in [1.165, 1.54) is 5.56 Å². The molecule has 1 aromatic rings. The van der Waals surface area contributed by atoms with Crippen molar-refractivity contribution < 1.29 is 4.79 Å². The smallest absolute Gasteiger partial charge is 0.239 e. The third-order valence-corrected chi connectivity index (χ3v) is 3.69. The minimum atomic E-state index is -0.315. The first-order valence-electron chi connectivity index (χ1n) is 6.81. The summed E-state index contributed by atoms with van der Waals surface area (Å²) in [6, 6.07) is 10.1. The number of carbonyl (C=O) groups is 1. The van der Waals surface area contributed by atoms with E-state index < -0.39 is 0 Å². The van der Waals surface area contributed by atoms with Crippen LogP contribution in [0.3, 0.4) is 0 Å². The fourth-order valence-electron chi connectivity index (χ4n) is 2.63. The van der Waals surface area contributed by atoms with Gasteiger partial charge in [0, 0.05) is 19.0 Å². The number of benzene rings is 1. The fourth-order valence-corrected chi connectivity index (χ4v) is 2.63. The van der Waals surface area contributed by atoms with Crippen LogP contribution in [0.15, 0.2) is 30.3 Å². The Labute approximate surface area is 121 Å². The molecular formula is C15H23ClN2O. The van der Waals surface area contributed by atoms with Crippen molar-refractivity contribution in [2.24, 2.45) is 5.73 Å². The number of hydrogen-bond donors (Lipinski definition) is 1. The zero-order chi connectivity index (χ0) is 13.0. The van der Waals surface area contributed by atoms with E-state index in [4.69, 9.17) is 5.73 Å². The van der Waals surface area contributed by atoms with Gasteiger partial charge in [-0.25, -0.2) is 0 Å². The summed E-state index contributed by atoms with van der Waals surface area (Å²) in [5.41, 5.74) is 7.23. The molecule has 1 aromatic carbocycles. The predicted octanol–water partition coefficient (Wildman–Crippen LogP) is 2.55. The molecule has 2 atom stereocenters. The Balaban J connectivity index is 0.00000180. The first kappa shape index (κ1) is 16.0. The zero-order valence-electron chi connectivity index (χ0n) is 11.4. The lowest BCUT2D eigenvalue weighted by molar-refractivity contribution is -0.131. The van der Waals surface area contributed by atoms with Gasteiger partial charge in [-0.1, -0.05) is 43.7 Å². The van der Waals surface area contributed by atoms with E-state index >= 15 is 0 Å². The maximum absolute atomic E-state index is 12.1. The van der Waals surface area contributed by atoms with Crippen molar-refractivity contribution in [1.82, 2.24) is 4.90 Å². The van der Waals surface area contributed by atoms with Crippen molar-refractivity contribution >= 4 is 18.3 Å². The van der Waals surface area contributed by atoms with Crippen LogP contribution in [-0.2, 0) is 4.79 Å². The highest BCUT2D eigenvalue weighted by atomic mass is 35.5. The molecule has 1 heterocycles. The Hall–Kier alpha value is -1.06. The number of halogens is 1. The highest BCUT2D eigenvalue weighted by Gasteiger charge is 2.29. The molecule has 2 rings (SSSR count). The van der Waals surface area contributed by atoms with E-state index in [-0.39, 0.29) is 24.4 Å². The number of rotatable bonds is 4. The molecule has 1 amide bonds. The van der Waals surface area contributed by atoms with E-state index in [9.17, 15) is 4.79 Å². The third kappa shape index (κ3) is 3.95. The molecule has 1 aliphatic rings. The van der Waals surface area contributed by atoms with Crippen LogP contribution >= 0.6 is 12.4 Å². The average molecular weight is 283 g/mol. The monoisotopic (exact) mass is 282 g/mol. The summed E-state index contributed by atoms with van der Waals surface area (Å²) in [6.45, 7) is 3.72. The average Bonchev–Trinajstić information content (AvgIpc) is 2.89. The molecule has 2 unspecified atom stereocenters. The van der Waals surface area contributed by atoms with Gasteiger partial charge in [-0.3, -0.25) is 4.79 Å². The second kappa shape index (κ2) is 7.51. The topological polar surface area (TPSA) is 46.3 Å². The van der Waals surface area contributed by atoms with Crippen LogP contribution < -0.4 is 5.73 Å². The molecule has 19 heavy (non-hydrogen) atoms. The number of amides is 1.